The molecule has 2 rings (SSSR count). The van der Waals surface area contributed by atoms with Gasteiger partial charge in [0, 0.05) is 11.4 Å². The zero-order valence-electron chi connectivity index (χ0n) is 12.7. The lowest BCUT2D eigenvalue weighted by Crippen LogP contribution is -2.03. The fourth-order valence-corrected chi connectivity index (χ4v) is 2.53. The zero-order chi connectivity index (χ0) is 15.4. The van der Waals surface area contributed by atoms with Gasteiger partial charge in [0.2, 0.25) is 0 Å². The maximum Gasteiger partial charge on any atom is 0.335 e. The number of anilines is 2. The van der Waals surface area contributed by atoms with E-state index in [1.807, 2.05) is 19.1 Å². The summed E-state index contributed by atoms with van der Waals surface area (Å²) in [5.74, 6) is -0.887. The van der Waals surface area contributed by atoms with Crippen LogP contribution in [0.15, 0.2) is 36.4 Å². The number of benzene rings is 2. The first-order valence-corrected chi connectivity index (χ1v) is 7.28. The van der Waals surface area contributed by atoms with Crippen LogP contribution in [0.1, 0.15) is 40.9 Å². The van der Waals surface area contributed by atoms with Gasteiger partial charge in [0.05, 0.1) is 5.56 Å². The topological polar surface area (TPSA) is 49.3 Å². The van der Waals surface area contributed by atoms with Crippen molar-refractivity contribution in [2.75, 3.05) is 5.32 Å². The second kappa shape index (κ2) is 6.44. The molecule has 0 aliphatic carbocycles. The number of rotatable bonds is 5. The molecule has 0 aromatic heterocycles. The number of hydrogen-bond acceptors (Lipinski definition) is 2. The van der Waals surface area contributed by atoms with Crippen molar-refractivity contribution >= 4 is 17.3 Å². The summed E-state index contributed by atoms with van der Waals surface area (Å²) in [4.78, 5) is 11.1. The molecular weight excluding hydrogens is 262 g/mol. The molecule has 0 saturated carbocycles. The molecule has 0 unspecified atom stereocenters. The van der Waals surface area contributed by atoms with Crippen molar-refractivity contribution in [2.45, 2.75) is 33.6 Å². The highest BCUT2D eigenvalue weighted by Gasteiger charge is 2.10. The molecule has 0 saturated heterocycles. The van der Waals surface area contributed by atoms with E-state index >= 15 is 0 Å². The van der Waals surface area contributed by atoms with Crippen LogP contribution in [0.4, 0.5) is 11.4 Å². The van der Waals surface area contributed by atoms with Crippen LogP contribution in [-0.2, 0) is 12.8 Å². The van der Waals surface area contributed by atoms with Gasteiger partial charge in [0.25, 0.3) is 0 Å². The highest BCUT2D eigenvalue weighted by molar-refractivity contribution is 5.90. The molecule has 0 atom stereocenters. The van der Waals surface area contributed by atoms with Crippen molar-refractivity contribution in [2.24, 2.45) is 0 Å². The SMILES string of the molecule is CCc1cccc(CC)c1Nc1ccc(C(=O)O)c(C)c1. The maximum absolute atomic E-state index is 11.1. The summed E-state index contributed by atoms with van der Waals surface area (Å²) in [5, 5.41) is 12.5. The zero-order valence-corrected chi connectivity index (χ0v) is 12.7. The van der Waals surface area contributed by atoms with Crippen molar-refractivity contribution in [3.63, 3.8) is 0 Å². The Morgan fingerprint density at radius 3 is 2.19 bits per heavy atom. The molecule has 110 valence electrons. The van der Waals surface area contributed by atoms with Crippen LogP contribution in [0, 0.1) is 6.92 Å². The predicted octanol–water partition coefficient (Wildman–Crippen LogP) is 4.56. The summed E-state index contributed by atoms with van der Waals surface area (Å²) < 4.78 is 0. The Labute approximate surface area is 125 Å². The van der Waals surface area contributed by atoms with Crippen molar-refractivity contribution in [3.05, 3.63) is 58.7 Å². The fourth-order valence-electron chi connectivity index (χ4n) is 2.53. The first kappa shape index (κ1) is 15.1. The molecule has 2 aromatic rings. The van der Waals surface area contributed by atoms with Crippen LogP contribution in [0.5, 0.6) is 0 Å². The van der Waals surface area contributed by atoms with Gasteiger partial charge in [-0.3, -0.25) is 0 Å². The lowest BCUT2D eigenvalue weighted by molar-refractivity contribution is 0.0696. The molecule has 0 bridgehead atoms. The number of aromatic carboxylic acids is 1. The molecule has 3 heteroatoms. The lowest BCUT2D eigenvalue weighted by atomic mass is 10.0. The molecular formula is C18H21NO2. The van der Waals surface area contributed by atoms with Crippen molar-refractivity contribution < 1.29 is 9.90 Å². The highest BCUT2D eigenvalue weighted by atomic mass is 16.4. The second-order valence-electron chi connectivity index (χ2n) is 5.12. The van der Waals surface area contributed by atoms with E-state index in [-0.39, 0.29) is 0 Å². The Bertz CT molecular complexity index is 640. The first-order valence-electron chi connectivity index (χ1n) is 7.28. The third kappa shape index (κ3) is 3.24. The van der Waals surface area contributed by atoms with E-state index < -0.39 is 5.97 Å². The third-order valence-corrected chi connectivity index (χ3v) is 3.73. The van der Waals surface area contributed by atoms with Crippen molar-refractivity contribution in [1.29, 1.82) is 0 Å². The van der Waals surface area contributed by atoms with E-state index in [1.165, 1.54) is 11.1 Å². The summed E-state index contributed by atoms with van der Waals surface area (Å²) in [5.41, 5.74) is 5.72. The number of aryl methyl sites for hydroxylation is 3. The predicted molar refractivity (Wildman–Crippen MR) is 86.6 cm³/mol. The molecule has 0 heterocycles. The van der Waals surface area contributed by atoms with Gasteiger partial charge in [-0.2, -0.15) is 0 Å². The van der Waals surface area contributed by atoms with Gasteiger partial charge in [-0.25, -0.2) is 4.79 Å². The summed E-state index contributed by atoms with van der Waals surface area (Å²) in [6.45, 7) is 6.10. The van der Waals surface area contributed by atoms with Crippen LogP contribution >= 0.6 is 0 Å². The van der Waals surface area contributed by atoms with Crippen LogP contribution in [0.2, 0.25) is 0 Å². The highest BCUT2D eigenvalue weighted by Crippen LogP contribution is 2.27. The summed E-state index contributed by atoms with van der Waals surface area (Å²) in [7, 11) is 0. The number of hydrogen-bond donors (Lipinski definition) is 2. The maximum atomic E-state index is 11.1. The van der Waals surface area contributed by atoms with Gasteiger partial charge in [-0.15, -0.1) is 0 Å². The normalized spacial score (nSPS) is 10.4. The molecule has 0 spiro atoms. The number of carboxylic acids is 1. The largest absolute Gasteiger partial charge is 0.478 e. The Balaban J connectivity index is 2.38. The number of carboxylic acid groups (broad SMARTS) is 1. The van der Waals surface area contributed by atoms with Crippen molar-refractivity contribution in [3.8, 4) is 0 Å². The van der Waals surface area contributed by atoms with Gasteiger partial charge in [0.15, 0.2) is 0 Å². The van der Waals surface area contributed by atoms with E-state index in [1.54, 1.807) is 6.07 Å². The molecule has 21 heavy (non-hydrogen) atoms. The van der Waals surface area contributed by atoms with E-state index in [9.17, 15) is 4.79 Å². The molecule has 0 fully saturated rings. The summed E-state index contributed by atoms with van der Waals surface area (Å²) >= 11 is 0. The van der Waals surface area contributed by atoms with Crippen LogP contribution in [0.25, 0.3) is 0 Å². The van der Waals surface area contributed by atoms with Crippen LogP contribution in [0.3, 0.4) is 0 Å². The number of carbonyl (C=O) groups is 1. The van der Waals surface area contributed by atoms with Gasteiger partial charge < -0.3 is 10.4 Å². The summed E-state index contributed by atoms with van der Waals surface area (Å²) in [6.07, 6.45) is 1.92. The minimum atomic E-state index is -0.887. The molecule has 0 radical (unpaired) electrons. The first-order chi connectivity index (χ1) is 10.1. The molecule has 3 nitrogen and oxygen atoms in total. The molecule has 2 N–H and O–H groups in total. The van der Waals surface area contributed by atoms with E-state index in [0.29, 0.717) is 5.56 Å². The molecule has 2 aromatic carbocycles. The van der Waals surface area contributed by atoms with E-state index in [4.69, 9.17) is 5.11 Å². The Morgan fingerprint density at radius 2 is 1.71 bits per heavy atom. The lowest BCUT2D eigenvalue weighted by Gasteiger charge is -2.16. The Kier molecular flexibility index (Phi) is 4.63. The minimum Gasteiger partial charge on any atom is -0.478 e. The average Bonchev–Trinajstić information content (AvgIpc) is 2.47. The fraction of sp³-hybridized carbons (Fsp3) is 0.278. The number of nitrogens with one attached hydrogen (secondary N) is 1. The van der Waals surface area contributed by atoms with Crippen LogP contribution < -0.4 is 5.32 Å². The van der Waals surface area contributed by atoms with E-state index in [2.05, 4.69) is 37.4 Å². The number of para-hydroxylation sites is 1. The van der Waals surface area contributed by atoms with Gasteiger partial charge >= 0.3 is 5.97 Å². The standard InChI is InChI=1S/C18H21NO2/c1-4-13-7-6-8-14(5-2)17(13)19-15-9-10-16(18(20)21)12(3)11-15/h6-11,19H,4-5H2,1-3H3,(H,20,21). The van der Waals surface area contributed by atoms with Gasteiger partial charge in [0.1, 0.15) is 0 Å². The molecule has 0 amide bonds. The Morgan fingerprint density at radius 1 is 1.10 bits per heavy atom. The van der Waals surface area contributed by atoms with Crippen molar-refractivity contribution in [1.82, 2.24) is 0 Å². The molecule has 0 aliphatic heterocycles. The molecule has 0 aliphatic rings. The third-order valence-electron chi connectivity index (χ3n) is 3.73. The smallest absolute Gasteiger partial charge is 0.335 e. The Hall–Kier alpha value is -2.29. The minimum absolute atomic E-state index is 0.347. The van der Waals surface area contributed by atoms with Crippen LogP contribution in [-0.4, -0.2) is 11.1 Å². The quantitative estimate of drug-likeness (QED) is 0.845. The second-order valence-corrected chi connectivity index (χ2v) is 5.12. The monoisotopic (exact) mass is 283 g/mol. The van der Waals surface area contributed by atoms with Gasteiger partial charge in [-0.05, 0) is 54.7 Å². The summed E-state index contributed by atoms with van der Waals surface area (Å²) in [6, 6.07) is 11.7. The average molecular weight is 283 g/mol. The van der Waals surface area contributed by atoms with E-state index in [0.717, 1.165) is 29.8 Å². The van der Waals surface area contributed by atoms with Gasteiger partial charge in [-0.1, -0.05) is 32.0 Å².